The maximum Gasteiger partial charge on any atom is 0.257 e. The lowest BCUT2D eigenvalue weighted by Crippen LogP contribution is -2.33. The minimum absolute atomic E-state index is 0.00534. The summed E-state index contributed by atoms with van der Waals surface area (Å²) >= 11 is 7.60. The van der Waals surface area contributed by atoms with Crippen molar-refractivity contribution in [3.05, 3.63) is 44.8 Å². The number of hydrogen-bond acceptors (Lipinski definition) is 5. The average Bonchev–Trinajstić information content (AvgIpc) is 3.04. The normalized spacial score (nSPS) is 14.0. The molecule has 3 rings (SSSR count). The van der Waals surface area contributed by atoms with Gasteiger partial charge < -0.3 is 5.32 Å². The van der Waals surface area contributed by atoms with E-state index >= 15 is 0 Å². The fourth-order valence-electron chi connectivity index (χ4n) is 3.23. The highest BCUT2D eigenvalue weighted by Gasteiger charge is 2.26. The third-order valence-electron chi connectivity index (χ3n) is 5.10. The number of amides is 1. The Morgan fingerprint density at radius 3 is 2.66 bits per heavy atom. The van der Waals surface area contributed by atoms with Gasteiger partial charge in [-0.15, -0.1) is 11.3 Å². The van der Waals surface area contributed by atoms with Crippen LogP contribution in [0.25, 0.3) is 0 Å². The molecule has 154 valence electrons. The first-order valence-corrected chi connectivity index (χ1v) is 11.9. The van der Waals surface area contributed by atoms with E-state index in [0.717, 1.165) is 36.1 Å². The van der Waals surface area contributed by atoms with Gasteiger partial charge in [0.05, 0.1) is 21.0 Å². The number of nitrogens with one attached hydrogen (secondary N) is 1. The molecule has 6 nitrogen and oxygen atoms in total. The summed E-state index contributed by atoms with van der Waals surface area (Å²) in [6.45, 7) is 3.53. The van der Waals surface area contributed by atoms with Gasteiger partial charge in [-0.05, 0) is 63.3 Å². The number of sulfonamides is 1. The topological polar surface area (TPSA) is 90.3 Å². The van der Waals surface area contributed by atoms with Crippen LogP contribution < -0.4 is 5.32 Å². The number of aryl methyl sites for hydroxylation is 1. The smallest absolute Gasteiger partial charge is 0.257 e. The van der Waals surface area contributed by atoms with Gasteiger partial charge in [-0.3, -0.25) is 4.79 Å². The summed E-state index contributed by atoms with van der Waals surface area (Å²) in [7, 11) is -2.26. The van der Waals surface area contributed by atoms with Crippen molar-refractivity contribution in [2.75, 3.05) is 12.4 Å². The molecule has 0 saturated heterocycles. The lowest BCUT2D eigenvalue weighted by molar-refractivity contribution is 0.102. The fourth-order valence-corrected chi connectivity index (χ4v) is 6.06. The first kappa shape index (κ1) is 21.8. The second-order valence-corrected chi connectivity index (χ2v) is 10.7. The van der Waals surface area contributed by atoms with E-state index < -0.39 is 15.9 Å². The molecule has 2 aromatic rings. The predicted molar refractivity (Wildman–Crippen MR) is 115 cm³/mol. The molecule has 29 heavy (non-hydrogen) atoms. The van der Waals surface area contributed by atoms with Crippen molar-refractivity contribution < 1.29 is 13.2 Å². The molecule has 0 bridgehead atoms. The van der Waals surface area contributed by atoms with E-state index in [1.807, 2.05) is 0 Å². The number of thiophene rings is 1. The number of benzene rings is 1. The first-order valence-electron chi connectivity index (χ1n) is 9.30. The molecule has 1 aromatic carbocycles. The monoisotopic (exact) mass is 451 g/mol. The van der Waals surface area contributed by atoms with Gasteiger partial charge >= 0.3 is 0 Å². The molecule has 0 aliphatic heterocycles. The molecule has 0 saturated carbocycles. The molecule has 1 aliphatic carbocycles. The second kappa shape index (κ2) is 8.44. The van der Waals surface area contributed by atoms with E-state index in [1.54, 1.807) is 13.8 Å². The van der Waals surface area contributed by atoms with Crippen LogP contribution in [0, 0.1) is 11.3 Å². The Labute approximate surface area is 180 Å². The van der Waals surface area contributed by atoms with Crippen molar-refractivity contribution in [3.63, 3.8) is 0 Å². The van der Waals surface area contributed by atoms with Gasteiger partial charge in [0.1, 0.15) is 11.1 Å². The maximum absolute atomic E-state index is 12.9. The molecule has 0 fully saturated rings. The van der Waals surface area contributed by atoms with E-state index in [9.17, 15) is 18.5 Å². The summed E-state index contributed by atoms with van der Waals surface area (Å²) in [4.78, 5) is 14.0. The van der Waals surface area contributed by atoms with Crippen LogP contribution in [0.15, 0.2) is 23.1 Å². The summed E-state index contributed by atoms with van der Waals surface area (Å²) < 4.78 is 26.8. The molecule has 1 amide bonds. The number of nitriles is 1. The minimum atomic E-state index is -3.75. The fraction of sp³-hybridized carbons (Fsp3) is 0.400. The number of anilines is 1. The number of carbonyl (C=O) groups excluding carboxylic acids is 1. The highest BCUT2D eigenvalue weighted by Crippen LogP contribution is 2.38. The van der Waals surface area contributed by atoms with Gasteiger partial charge in [0.2, 0.25) is 10.0 Å². The Morgan fingerprint density at radius 1 is 1.31 bits per heavy atom. The molecular formula is C20H22ClN3O3S2. The van der Waals surface area contributed by atoms with Crippen molar-refractivity contribution in [1.82, 2.24) is 4.31 Å². The Morgan fingerprint density at radius 2 is 2.00 bits per heavy atom. The largest absolute Gasteiger partial charge is 0.312 e. The van der Waals surface area contributed by atoms with Crippen LogP contribution in [0.5, 0.6) is 0 Å². The molecule has 0 unspecified atom stereocenters. The Kier molecular flexibility index (Phi) is 6.34. The number of halogens is 1. The van der Waals surface area contributed by atoms with Crippen LogP contribution in [0.1, 0.15) is 53.1 Å². The molecule has 1 N–H and O–H groups in total. The van der Waals surface area contributed by atoms with Crippen molar-refractivity contribution in [1.29, 1.82) is 5.26 Å². The summed E-state index contributed by atoms with van der Waals surface area (Å²) in [5.74, 6) is -0.533. The number of hydrogen-bond donors (Lipinski definition) is 1. The van der Waals surface area contributed by atoms with E-state index in [2.05, 4.69) is 11.4 Å². The number of carbonyl (C=O) groups is 1. The predicted octanol–water partition coefficient (Wildman–Crippen LogP) is 4.43. The highest BCUT2D eigenvalue weighted by molar-refractivity contribution is 7.89. The van der Waals surface area contributed by atoms with Crippen LogP contribution in [-0.4, -0.2) is 31.7 Å². The van der Waals surface area contributed by atoms with Crippen molar-refractivity contribution in [2.24, 2.45) is 0 Å². The van der Waals surface area contributed by atoms with Gasteiger partial charge in [0, 0.05) is 18.0 Å². The molecule has 0 spiro atoms. The van der Waals surface area contributed by atoms with Gasteiger partial charge in [-0.25, -0.2) is 8.42 Å². The Hall–Kier alpha value is -1.92. The SMILES string of the molecule is CC(C)N(C)S(=O)(=O)c1ccc(Cl)c(C(=O)Nc2sc3c(c2C#N)CCCC3)c1. The summed E-state index contributed by atoms with van der Waals surface area (Å²) in [6.07, 6.45) is 3.84. The standard InChI is InChI=1S/C20H22ClN3O3S2/c1-12(2)24(3)29(26,27)13-8-9-17(21)15(10-13)19(25)23-20-16(11-22)14-6-4-5-7-18(14)28-20/h8-10,12H,4-7H2,1-3H3,(H,23,25). The Balaban J connectivity index is 1.95. The van der Waals surface area contributed by atoms with Crippen LogP contribution in [0.4, 0.5) is 5.00 Å². The van der Waals surface area contributed by atoms with Crippen LogP contribution >= 0.6 is 22.9 Å². The Bertz CT molecular complexity index is 1100. The number of nitrogens with zero attached hydrogens (tertiary/aromatic N) is 2. The van der Waals surface area contributed by atoms with Crippen molar-refractivity contribution in [2.45, 2.75) is 50.5 Å². The summed E-state index contributed by atoms with van der Waals surface area (Å²) in [6, 6.07) is 6.04. The van der Waals surface area contributed by atoms with Crippen LogP contribution in [-0.2, 0) is 22.9 Å². The highest BCUT2D eigenvalue weighted by atomic mass is 35.5. The van der Waals surface area contributed by atoms with Crippen LogP contribution in [0.2, 0.25) is 5.02 Å². The lowest BCUT2D eigenvalue weighted by atomic mass is 9.96. The molecule has 1 aliphatic rings. The maximum atomic E-state index is 12.9. The zero-order valence-corrected chi connectivity index (χ0v) is 18.8. The third kappa shape index (κ3) is 4.19. The zero-order chi connectivity index (χ0) is 21.3. The van der Waals surface area contributed by atoms with Crippen molar-refractivity contribution in [3.8, 4) is 6.07 Å². The lowest BCUT2D eigenvalue weighted by Gasteiger charge is -2.21. The molecule has 1 aromatic heterocycles. The van der Waals surface area contributed by atoms with Gasteiger partial charge in [0.15, 0.2) is 0 Å². The summed E-state index contributed by atoms with van der Waals surface area (Å²) in [5, 5.41) is 13.0. The second-order valence-electron chi connectivity index (χ2n) is 7.24. The molecule has 9 heteroatoms. The average molecular weight is 452 g/mol. The molecular weight excluding hydrogens is 430 g/mol. The zero-order valence-electron chi connectivity index (χ0n) is 16.5. The van der Waals surface area contributed by atoms with E-state index in [0.29, 0.717) is 10.6 Å². The summed E-state index contributed by atoms with van der Waals surface area (Å²) in [5.41, 5.74) is 1.57. The minimum Gasteiger partial charge on any atom is -0.312 e. The third-order valence-corrected chi connectivity index (χ3v) is 8.66. The molecule has 1 heterocycles. The van der Waals surface area contributed by atoms with Crippen molar-refractivity contribution >= 4 is 43.9 Å². The van der Waals surface area contributed by atoms with Crippen LogP contribution in [0.3, 0.4) is 0 Å². The van der Waals surface area contributed by atoms with E-state index in [1.165, 1.54) is 40.9 Å². The van der Waals surface area contributed by atoms with Gasteiger partial charge in [0.25, 0.3) is 5.91 Å². The first-order chi connectivity index (χ1) is 13.7. The van der Waals surface area contributed by atoms with E-state index in [-0.39, 0.29) is 21.5 Å². The number of rotatable bonds is 5. The van der Waals surface area contributed by atoms with Gasteiger partial charge in [-0.1, -0.05) is 11.6 Å². The molecule has 0 atom stereocenters. The van der Waals surface area contributed by atoms with E-state index in [4.69, 9.17) is 11.6 Å². The molecule has 0 radical (unpaired) electrons. The number of fused-ring (bicyclic) bond motifs is 1. The quantitative estimate of drug-likeness (QED) is 0.727. The van der Waals surface area contributed by atoms with Gasteiger partial charge in [-0.2, -0.15) is 9.57 Å².